The van der Waals surface area contributed by atoms with Crippen LogP contribution in [0.4, 0.5) is 5.69 Å². The maximum atomic E-state index is 12.5. The Balaban J connectivity index is 2.16. The van der Waals surface area contributed by atoms with Gasteiger partial charge in [0, 0.05) is 11.3 Å². The van der Waals surface area contributed by atoms with E-state index in [2.05, 4.69) is 10.0 Å². The summed E-state index contributed by atoms with van der Waals surface area (Å²) < 4.78 is 26.1. The van der Waals surface area contributed by atoms with E-state index in [1.165, 1.54) is 12.1 Å². The van der Waals surface area contributed by atoms with Gasteiger partial charge in [-0.25, -0.2) is 13.2 Å². The second kappa shape index (κ2) is 8.09. The summed E-state index contributed by atoms with van der Waals surface area (Å²) in [5.41, 5.74) is -0.764. The van der Waals surface area contributed by atoms with Crippen LogP contribution in [-0.4, -0.2) is 48.2 Å². The van der Waals surface area contributed by atoms with Crippen molar-refractivity contribution in [1.82, 2.24) is 5.32 Å². The molecule has 138 valence electrons. The van der Waals surface area contributed by atoms with Crippen molar-refractivity contribution >= 4 is 39.3 Å². The summed E-state index contributed by atoms with van der Waals surface area (Å²) in [6.07, 6.45) is 1.21. The van der Waals surface area contributed by atoms with Crippen molar-refractivity contribution < 1.29 is 23.1 Å². The van der Waals surface area contributed by atoms with Gasteiger partial charge in [-0.3, -0.25) is 9.52 Å². The zero-order valence-electron chi connectivity index (χ0n) is 13.9. The summed E-state index contributed by atoms with van der Waals surface area (Å²) in [5, 5.41) is 12.2. The van der Waals surface area contributed by atoms with Crippen LogP contribution in [0.15, 0.2) is 24.3 Å². The van der Waals surface area contributed by atoms with Gasteiger partial charge in [-0.15, -0.1) is 0 Å². The lowest BCUT2D eigenvalue weighted by atomic mass is 9.92. The van der Waals surface area contributed by atoms with Gasteiger partial charge in [-0.05, 0) is 49.0 Å². The predicted octanol–water partition coefficient (Wildman–Crippen LogP) is 1.92. The van der Waals surface area contributed by atoms with Gasteiger partial charge >= 0.3 is 5.97 Å². The molecule has 1 aromatic carbocycles. The Bertz CT molecular complexity index is 743. The normalized spacial score (nSPS) is 16.8. The van der Waals surface area contributed by atoms with Gasteiger partial charge in [0.25, 0.3) is 5.91 Å². The molecule has 0 atom stereocenters. The summed E-state index contributed by atoms with van der Waals surface area (Å²) in [7, 11) is -3.46. The topological polar surface area (TPSA) is 113 Å². The average Bonchev–Trinajstić information content (AvgIpc) is 2.55. The average molecular weight is 386 g/mol. The Morgan fingerprint density at radius 1 is 1.28 bits per heavy atom. The fourth-order valence-electron chi connectivity index (χ4n) is 2.62. The molecule has 1 aliphatic heterocycles. The number of sulfonamides is 1. The molecule has 0 radical (unpaired) electrons. The van der Waals surface area contributed by atoms with Gasteiger partial charge in [0.15, 0.2) is 0 Å². The second-order valence-electron chi connectivity index (χ2n) is 5.96. The van der Waals surface area contributed by atoms with Crippen LogP contribution in [-0.2, 0) is 14.8 Å². The smallest absolute Gasteiger partial charge is 0.329 e. The van der Waals surface area contributed by atoms with E-state index in [0.29, 0.717) is 30.8 Å². The Kier molecular flexibility index (Phi) is 6.34. The molecule has 3 N–H and O–H groups in total. The number of aliphatic carboxylic acids is 1. The van der Waals surface area contributed by atoms with Gasteiger partial charge in [-0.1, -0.05) is 13.0 Å². The van der Waals surface area contributed by atoms with Crippen LogP contribution in [0.5, 0.6) is 0 Å². The van der Waals surface area contributed by atoms with E-state index >= 15 is 0 Å². The quantitative estimate of drug-likeness (QED) is 0.660. The molecule has 0 saturated carbocycles. The van der Waals surface area contributed by atoms with Crippen LogP contribution >= 0.6 is 11.8 Å². The standard InChI is InChI=1S/C16H22N2O5S2/c1-2-10-25(22,23)18-13-5-3-4-12(11-13)14(19)17-16(15(20)21)6-8-24-9-7-16/h3-5,11,18H,2,6-10H2,1H3,(H,17,19)(H,20,21). The van der Waals surface area contributed by atoms with Crippen molar-refractivity contribution in [3.05, 3.63) is 29.8 Å². The third kappa shape index (κ3) is 5.12. The summed E-state index contributed by atoms with van der Waals surface area (Å²) >= 11 is 1.66. The lowest BCUT2D eigenvalue weighted by Crippen LogP contribution is -2.56. The molecule has 0 unspecified atom stereocenters. The van der Waals surface area contributed by atoms with Crippen molar-refractivity contribution in [2.45, 2.75) is 31.7 Å². The SMILES string of the molecule is CCCS(=O)(=O)Nc1cccc(C(=O)NC2(C(=O)O)CCSCC2)c1. The summed E-state index contributed by atoms with van der Waals surface area (Å²) in [6.45, 7) is 1.76. The molecular weight excluding hydrogens is 364 g/mol. The molecule has 1 saturated heterocycles. The number of anilines is 1. The summed E-state index contributed by atoms with van der Waals surface area (Å²) in [4.78, 5) is 24.2. The highest BCUT2D eigenvalue weighted by Gasteiger charge is 2.41. The zero-order valence-corrected chi connectivity index (χ0v) is 15.6. The van der Waals surface area contributed by atoms with Crippen molar-refractivity contribution in [1.29, 1.82) is 0 Å². The molecule has 0 bridgehead atoms. The molecule has 1 fully saturated rings. The van der Waals surface area contributed by atoms with E-state index in [0.717, 1.165) is 0 Å². The van der Waals surface area contributed by atoms with Gasteiger partial charge in [0.05, 0.1) is 5.75 Å². The maximum Gasteiger partial charge on any atom is 0.329 e. The molecule has 1 heterocycles. The highest BCUT2D eigenvalue weighted by Crippen LogP contribution is 2.28. The monoisotopic (exact) mass is 386 g/mol. The summed E-state index contributed by atoms with van der Waals surface area (Å²) in [5.74, 6) is -0.234. The number of hydrogen-bond donors (Lipinski definition) is 3. The molecule has 0 aliphatic carbocycles. The van der Waals surface area contributed by atoms with E-state index in [-0.39, 0.29) is 17.0 Å². The van der Waals surface area contributed by atoms with Crippen LogP contribution in [0, 0.1) is 0 Å². The van der Waals surface area contributed by atoms with Crippen LogP contribution in [0.2, 0.25) is 0 Å². The largest absolute Gasteiger partial charge is 0.480 e. The van der Waals surface area contributed by atoms with E-state index in [9.17, 15) is 23.1 Å². The third-order valence-corrected chi connectivity index (χ3v) is 6.46. The molecule has 9 heteroatoms. The lowest BCUT2D eigenvalue weighted by Gasteiger charge is -2.33. The lowest BCUT2D eigenvalue weighted by molar-refractivity contribution is -0.144. The van der Waals surface area contributed by atoms with E-state index < -0.39 is 27.4 Å². The highest BCUT2D eigenvalue weighted by atomic mass is 32.2. The molecule has 1 aromatic rings. The van der Waals surface area contributed by atoms with Crippen LogP contribution in [0.25, 0.3) is 0 Å². The number of thioether (sulfide) groups is 1. The van der Waals surface area contributed by atoms with Crippen molar-refractivity contribution in [2.75, 3.05) is 22.0 Å². The minimum Gasteiger partial charge on any atom is -0.480 e. The van der Waals surface area contributed by atoms with Crippen LogP contribution < -0.4 is 10.0 Å². The number of benzene rings is 1. The Hall–Kier alpha value is -1.74. The fraction of sp³-hybridized carbons (Fsp3) is 0.500. The Morgan fingerprint density at radius 3 is 2.56 bits per heavy atom. The van der Waals surface area contributed by atoms with Gasteiger partial charge < -0.3 is 10.4 Å². The molecule has 0 aromatic heterocycles. The Morgan fingerprint density at radius 2 is 1.96 bits per heavy atom. The number of carbonyl (C=O) groups is 2. The van der Waals surface area contributed by atoms with Gasteiger partial charge in [0.2, 0.25) is 10.0 Å². The van der Waals surface area contributed by atoms with Crippen molar-refractivity contribution in [3.63, 3.8) is 0 Å². The second-order valence-corrected chi connectivity index (χ2v) is 9.02. The molecule has 1 amide bonds. The summed E-state index contributed by atoms with van der Waals surface area (Å²) in [6, 6.07) is 6.05. The Labute approximate surface area is 151 Å². The van der Waals surface area contributed by atoms with Gasteiger partial charge in [-0.2, -0.15) is 11.8 Å². The number of rotatable bonds is 7. The van der Waals surface area contributed by atoms with E-state index in [1.807, 2.05) is 0 Å². The number of carbonyl (C=O) groups excluding carboxylic acids is 1. The predicted molar refractivity (Wildman–Crippen MR) is 98.5 cm³/mol. The first kappa shape index (κ1) is 19.6. The van der Waals surface area contributed by atoms with Crippen LogP contribution in [0.3, 0.4) is 0 Å². The molecule has 0 spiro atoms. The number of hydrogen-bond acceptors (Lipinski definition) is 5. The molecule has 2 rings (SSSR count). The minimum absolute atomic E-state index is 0.0107. The van der Waals surface area contributed by atoms with Crippen molar-refractivity contribution in [2.24, 2.45) is 0 Å². The van der Waals surface area contributed by atoms with E-state index in [1.54, 1.807) is 30.8 Å². The van der Waals surface area contributed by atoms with E-state index in [4.69, 9.17) is 0 Å². The number of carboxylic acid groups (broad SMARTS) is 1. The minimum atomic E-state index is -3.46. The number of amides is 1. The van der Waals surface area contributed by atoms with Crippen LogP contribution in [0.1, 0.15) is 36.5 Å². The molecular formula is C16H22N2O5S2. The van der Waals surface area contributed by atoms with Crippen molar-refractivity contribution in [3.8, 4) is 0 Å². The number of nitrogens with one attached hydrogen (secondary N) is 2. The third-order valence-electron chi connectivity index (χ3n) is 3.98. The number of carboxylic acids is 1. The zero-order chi connectivity index (χ0) is 18.5. The molecule has 7 nitrogen and oxygen atoms in total. The highest BCUT2D eigenvalue weighted by molar-refractivity contribution is 7.99. The maximum absolute atomic E-state index is 12.5. The first-order chi connectivity index (χ1) is 11.8. The molecule has 25 heavy (non-hydrogen) atoms. The van der Waals surface area contributed by atoms with Gasteiger partial charge in [0.1, 0.15) is 5.54 Å². The molecule has 1 aliphatic rings. The first-order valence-corrected chi connectivity index (χ1v) is 10.8. The fourth-order valence-corrected chi connectivity index (χ4v) is 4.94. The first-order valence-electron chi connectivity index (χ1n) is 8.02.